The van der Waals surface area contributed by atoms with E-state index in [4.69, 9.17) is 9.84 Å². The van der Waals surface area contributed by atoms with E-state index in [-0.39, 0.29) is 18.3 Å². The van der Waals surface area contributed by atoms with E-state index in [2.05, 4.69) is 0 Å². The van der Waals surface area contributed by atoms with E-state index in [1.807, 2.05) is 6.92 Å². The van der Waals surface area contributed by atoms with E-state index < -0.39 is 12.1 Å². The number of carboxylic acid groups (broad SMARTS) is 1. The summed E-state index contributed by atoms with van der Waals surface area (Å²) in [4.78, 5) is 10.5. The first kappa shape index (κ1) is 9.22. The molecule has 0 aromatic heterocycles. The summed E-state index contributed by atoms with van der Waals surface area (Å²) in [5.41, 5.74) is 0.0492. The zero-order valence-corrected chi connectivity index (χ0v) is 6.86. The summed E-state index contributed by atoms with van der Waals surface area (Å²) in [5.74, 6) is -1.07. The highest BCUT2D eigenvalue weighted by Crippen LogP contribution is 2.17. The summed E-state index contributed by atoms with van der Waals surface area (Å²) in [7, 11) is 0. The Labute approximate surface area is 70.5 Å². The number of ether oxygens (including phenoxy) is 1. The van der Waals surface area contributed by atoms with Gasteiger partial charge in [-0.25, -0.2) is 4.79 Å². The van der Waals surface area contributed by atoms with Gasteiger partial charge in [0.25, 0.3) is 0 Å². The third-order valence-electron chi connectivity index (χ3n) is 1.93. The summed E-state index contributed by atoms with van der Waals surface area (Å²) in [5, 5.41) is 18.1. The molecule has 12 heavy (non-hydrogen) atoms. The van der Waals surface area contributed by atoms with Crippen LogP contribution in [-0.2, 0) is 9.53 Å². The molecule has 2 N–H and O–H groups in total. The molecule has 2 atom stereocenters. The van der Waals surface area contributed by atoms with Gasteiger partial charge in [-0.3, -0.25) is 0 Å². The lowest BCUT2D eigenvalue weighted by Crippen LogP contribution is -2.36. The van der Waals surface area contributed by atoms with Crippen molar-refractivity contribution < 1.29 is 19.7 Å². The van der Waals surface area contributed by atoms with Crippen LogP contribution in [0.1, 0.15) is 13.3 Å². The minimum absolute atomic E-state index is 0.0492. The lowest BCUT2D eigenvalue weighted by molar-refractivity contribution is -0.135. The molecule has 0 radical (unpaired) electrons. The second-order valence-corrected chi connectivity index (χ2v) is 2.69. The van der Waals surface area contributed by atoms with E-state index in [1.165, 1.54) is 6.08 Å². The molecule has 0 aromatic rings. The normalized spacial score (nSPS) is 29.7. The summed E-state index contributed by atoms with van der Waals surface area (Å²) >= 11 is 0. The fraction of sp³-hybridized carbons (Fsp3) is 0.625. The Morgan fingerprint density at radius 2 is 2.50 bits per heavy atom. The van der Waals surface area contributed by atoms with Crippen molar-refractivity contribution in [2.45, 2.75) is 25.6 Å². The van der Waals surface area contributed by atoms with Gasteiger partial charge in [0.2, 0.25) is 0 Å². The largest absolute Gasteiger partial charge is 0.478 e. The van der Waals surface area contributed by atoms with Gasteiger partial charge in [-0.05, 0) is 12.5 Å². The molecule has 1 rings (SSSR count). The average Bonchev–Trinajstić information content (AvgIpc) is 2.04. The van der Waals surface area contributed by atoms with Crippen molar-refractivity contribution >= 4 is 5.97 Å². The summed E-state index contributed by atoms with van der Waals surface area (Å²) in [6, 6.07) is 0. The second kappa shape index (κ2) is 3.69. The predicted octanol–water partition coefficient (Wildman–Crippen LogP) is 0.167. The maximum absolute atomic E-state index is 10.5. The van der Waals surface area contributed by atoms with Crippen molar-refractivity contribution in [1.29, 1.82) is 0 Å². The molecule has 0 aliphatic carbocycles. The number of hydrogen-bond acceptors (Lipinski definition) is 3. The van der Waals surface area contributed by atoms with Gasteiger partial charge in [0, 0.05) is 0 Å². The quantitative estimate of drug-likeness (QED) is 0.623. The molecule has 1 heterocycles. The van der Waals surface area contributed by atoms with Crippen molar-refractivity contribution in [2.75, 3.05) is 6.61 Å². The molecule has 0 aromatic carbocycles. The Hall–Kier alpha value is -0.870. The Balaban J connectivity index is 2.75. The topological polar surface area (TPSA) is 66.8 Å². The predicted molar refractivity (Wildman–Crippen MR) is 41.8 cm³/mol. The second-order valence-electron chi connectivity index (χ2n) is 2.69. The van der Waals surface area contributed by atoms with Crippen LogP contribution < -0.4 is 0 Å². The molecular weight excluding hydrogens is 160 g/mol. The van der Waals surface area contributed by atoms with Gasteiger partial charge >= 0.3 is 5.97 Å². The van der Waals surface area contributed by atoms with E-state index >= 15 is 0 Å². The number of aliphatic hydroxyl groups excluding tert-OH is 1. The Morgan fingerprint density at radius 1 is 1.83 bits per heavy atom. The monoisotopic (exact) mass is 172 g/mol. The molecule has 0 amide bonds. The molecule has 0 fully saturated rings. The fourth-order valence-electron chi connectivity index (χ4n) is 1.23. The molecular formula is C8H12O4. The first-order valence-electron chi connectivity index (χ1n) is 3.89. The molecule has 4 heteroatoms. The Morgan fingerprint density at radius 3 is 3.00 bits per heavy atom. The van der Waals surface area contributed by atoms with Crippen LogP contribution in [0.5, 0.6) is 0 Å². The number of hydrogen-bond donors (Lipinski definition) is 2. The van der Waals surface area contributed by atoms with Gasteiger partial charge in [-0.15, -0.1) is 0 Å². The fourth-order valence-corrected chi connectivity index (χ4v) is 1.23. The highest BCUT2D eigenvalue weighted by atomic mass is 16.5. The SMILES string of the molecule is CCC1OCC=C(C(=O)O)[C@H]1O. The summed E-state index contributed by atoms with van der Waals surface area (Å²) < 4.78 is 5.13. The number of aliphatic hydroxyl groups is 1. The molecule has 1 unspecified atom stereocenters. The highest BCUT2D eigenvalue weighted by molar-refractivity contribution is 5.88. The molecule has 1 aliphatic heterocycles. The minimum Gasteiger partial charge on any atom is -0.478 e. The summed E-state index contributed by atoms with van der Waals surface area (Å²) in [6.45, 7) is 2.12. The first-order chi connectivity index (χ1) is 5.66. The number of aliphatic carboxylic acids is 1. The van der Waals surface area contributed by atoms with E-state index in [1.54, 1.807) is 0 Å². The Kier molecular flexibility index (Phi) is 2.83. The molecule has 0 bridgehead atoms. The van der Waals surface area contributed by atoms with Crippen LogP contribution in [0.25, 0.3) is 0 Å². The maximum Gasteiger partial charge on any atom is 0.334 e. The third kappa shape index (κ3) is 1.65. The molecule has 1 aliphatic rings. The highest BCUT2D eigenvalue weighted by Gasteiger charge is 2.29. The van der Waals surface area contributed by atoms with E-state index in [0.717, 1.165) is 0 Å². The van der Waals surface area contributed by atoms with Crippen LogP contribution in [0.2, 0.25) is 0 Å². The zero-order chi connectivity index (χ0) is 9.14. The minimum atomic E-state index is -1.07. The average molecular weight is 172 g/mol. The van der Waals surface area contributed by atoms with Gasteiger partial charge in [0.1, 0.15) is 6.10 Å². The molecule has 68 valence electrons. The number of carboxylic acids is 1. The smallest absolute Gasteiger partial charge is 0.334 e. The molecule has 0 spiro atoms. The Bertz CT molecular complexity index is 209. The third-order valence-corrected chi connectivity index (χ3v) is 1.93. The van der Waals surface area contributed by atoms with E-state index in [0.29, 0.717) is 6.42 Å². The van der Waals surface area contributed by atoms with Crippen LogP contribution in [0.4, 0.5) is 0 Å². The summed E-state index contributed by atoms with van der Waals surface area (Å²) in [6.07, 6.45) is 0.660. The van der Waals surface area contributed by atoms with Crippen LogP contribution in [-0.4, -0.2) is 35.0 Å². The van der Waals surface area contributed by atoms with Crippen molar-refractivity contribution in [1.82, 2.24) is 0 Å². The van der Waals surface area contributed by atoms with E-state index in [9.17, 15) is 9.90 Å². The van der Waals surface area contributed by atoms with Crippen molar-refractivity contribution in [2.24, 2.45) is 0 Å². The van der Waals surface area contributed by atoms with Crippen LogP contribution in [0.3, 0.4) is 0 Å². The first-order valence-corrected chi connectivity index (χ1v) is 3.89. The number of rotatable bonds is 2. The molecule has 4 nitrogen and oxygen atoms in total. The standard InChI is InChI=1S/C8H12O4/c1-2-6-7(9)5(8(10)11)3-4-12-6/h3,6-7,9H,2,4H2,1H3,(H,10,11)/t6?,7-/m1/s1. The van der Waals surface area contributed by atoms with Crippen molar-refractivity contribution in [3.63, 3.8) is 0 Å². The van der Waals surface area contributed by atoms with Crippen LogP contribution >= 0.6 is 0 Å². The zero-order valence-electron chi connectivity index (χ0n) is 6.86. The van der Waals surface area contributed by atoms with Crippen LogP contribution in [0.15, 0.2) is 11.6 Å². The van der Waals surface area contributed by atoms with Gasteiger partial charge in [0.15, 0.2) is 0 Å². The van der Waals surface area contributed by atoms with Crippen LogP contribution in [0, 0.1) is 0 Å². The number of carbonyl (C=O) groups is 1. The van der Waals surface area contributed by atoms with Gasteiger partial charge in [-0.1, -0.05) is 6.92 Å². The molecule has 0 saturated heterocycles. The van der Waals surface area contributed by atoms with Crippen molar-refractivity contribution in [3.8, 4) is 0 Å². The van der Waals surface area contributed by atoms with Crippen molar-refractivity contribution in [3.05, 3.63) is 11.6 Å². The molecule has 0 saturated carbocycles. The van der Waals surface area contributed by atoms with Gasteiger partial charge in [0.05, 0.1) is 18.3 Å². The maximum atomic E-state index is 10.5. The van der Waals surface area contributed by atoms with Gasteiger partial charge < -0.3 is 14.9 Å². The lowest BCUT2D eigenvalue weighted by Gasteiger charge is -2.26. The van der Waals surface area contributed by atoms with Gasteiger partial charge in [-0.2, -0.15) is 0 Å². The lowest BCUT2D eigenvalue weighted by atomic mass is 10.0.